The predicted octanol–water partition coefficient (Wildman–Crippen LogP) is 10.9. The van der Waals surface area contributed by atoms with Crippen LogP contribution in [0.3, 0.4) is 0 Å². The number of halogens is 12. The van der Waals surface area contributed by atoms with E-state index in [1.807, 2.05) is 24.3 Å². The molecule has 0 radical (unpaired) electrons. The minimum atomic E-state index is -4.97. The fourth-order valence-corrected chi connectivity index (χ4v) is 9.73. The van der Waals surface area contributed by atoms with Crippen molar-refractivity contribution in [3.05, 3.63) is 142 Å². The Labute approximate surface area is 476 Å². The number of hydrogen-bond donors (Lipinski definition) is 2. The lowest BCUT2D eigenvalue weighted by Crippen LogP contribution is -2.64. The average molecular weight is 1190 g/mol. The summed E-state index contributed by atoms with van der Waals surface area (Å²) < 4.78 is 176. The molecule has 4 aromatic carbocycles. The SMILES string of the molecule is COC=NCC(C)=O.C[C@@H](OC[C@@]1(c2ccccc2)CC[C@](C#N)(N2C=NCC2=O)CN1)c1cc(C(F)(F)F)cc(C(F)(F)F)c1.C[C@@H](OC[C@@]1(c2ccccc2)CC[C@](C#N)(N2C=NCC2=O)CN1)c1cc(C(F)(F)F)cc(C(F)(F)F)c1.[HH]. The number of ketones is 1. The molecule has 8 rings (SSSR count). The first kappa shape index (κ1) is 65.4. The zero-order valence-corrected chi connectivity index (χ0v) is 45.5. The van der Waals surface area contributed by atoms with E-state index in [2.05, 4.69) is 42.5 Å². The summed E-state index contributed by atoms with van der Waals surface area (Å²) in [6.45, 7) is 4.24. The Morgan fingerprint density at radius 1 is 0.631 bits per heavy atom. The number of methoxy groups -OCH3 is 1. The van der Waals surface area contributed by atoms with Crippen molar-refractivity contribution in [3.63, 3.8) is 0 Å². The van der Waals surface area contributed by atoms with Gasteiger partial charge in [-0.2, -0.15) is 63.2 Å². The van der Waals surface area contributed by atoms with Gasteiger partial charge in [0.1, 0.15) is 30.7 Å². The number of Topliss-reactive ketones (excluding diaryl/α,β-unsaturated/α-hetero) is 1. The van der Waals surface area contributed by atoms with Crippen LogP contribution in [0.15, 0.2) is 112 Å². The van der Waals surface area contributed by atoms with Crippen LogP contribution in [-0.2, 0) is 64.4 Å². The molecule has 0 saturated carbocycles. The molecule has 4 heterocycles. The molecule has 84 heavy (non-hydrogen) atoms. The van der Waals surface area contributed by atoms with E-state index in [9.17, 15) is 77.6 Å². The largest absolute Gasteiger partial charge is 0.487 e. The van der Waals surface area contributed by atoms with Gasteiger partial charge in [-0.15, -0.1) is 0 Å². The molecule has 0 aliphatic carbocycles. The molecule has 4 aromatic rings. The lowest BCUT2D eigenvalue weighted by atomic mass is 9.76. The third-order valence-corrected chi connectivity index (χ3v) is 14.6. The van der Waals surface area contributed by atoms with Crippen molar-refractivity contribution in [2.45, 2.75) is 106 Å². The first-order valence-corrected chi connectivity index (χ1v) is 25.8. The van der Waals surface area contributed by atoms with Crippen LogP contribution in [0.1, 0.15) is 105 Å². The van der Waals surface area contributed by atoms with Crippen molar-refractivity contribution >= 4 is 36.7 Å². The van der Waals surface area contributed by atoms with Gasteiger partial charge in [-0.25, -0.2) is 0 Å². The highest BCUT2D eigenvalue weighted by Gasteiger charge is 2.51. The summed E-state index contributed by atoms with van der Waals surface area (Å²) in [4.78, 5) is 48.8. The minimum Gasteiger partial charge on any atom is -0.487 e. The molecule has 2 N–H and O–H groups in total. The third kappa shape index (κ3) is 15.7. The van der Waals surface area contributed by atoms with Gasteiger partial charge >= 0.3 is 24.7 Å². The highest BCUT2D eigenvalue weighted by Crippen LogP contribution is 2.43. The summed E-state index contributed by atoms with van der Waals surface area (Å²) in [6, 6.07) is 25.2. The Morgan fingerprint density at radius 3 is 1.23 bits per heavy atom. The van der Waals surface area contributed by atoms with Gasteiger partial charge in [0.25, 0.3) is 11.8 Å². The molecule has 0 aromatic heterocycles. The second-order valence-electron chi connectivity index (χ2n) is 20.3. The van der Waals surface area contributed by atoms with E-state index in [4.69, 9.17) is 9.47 Å². The van der Waals surface area contributed by atoms with Crippen LogP contribution in [0.2, 0.25) is 0 Å². The summed E-state index contributed by atoms with van der Waals surface area (Å²) >= 11 is 0. The molecule has 27 heteroatoms. The van der Waals surface area contributed by atoms with Crippen molar-refractivity contribution in [1.29, 1.82) is 10.5 Å². The molecule has 0 bridgehead atoms. The van der Waals surface area contributed by atoms with Crippen molar-refractivity contribution < 1.29 is 82.7 Å². The van der Waals surface area contributed by atoms with E-state index < -0.39 is 81.3 Å². The highest BCUT2D eigenvalue weighted by molar-refractivity contribution is 5.96. The Bertz CT molecular complexity index is 2870. The number of hydrogen-bond acceptors (Lipinski definition) is 13. The number of amides is 2. The summed E-state index contributed by atoms with van der Waals surface area (Å²) in [5, 5.41) is 26.5. The number of benzene rings is 4. The maximum atomic E-state index is 13.3. The number of nitriles is 2. The normalized spacial score (nSPS) is 23.5. The fraction of sp³-hybridized carbons (Fsp3) is 0.439. The van der Waals surface area contributed by atoms with Gasteiger partial charge in [0, 0.05) is 14.5 Å². The van der Waals surface area contributed by atoms with Gasteiger partial charge in [0.2, 0.25) is 0 Å². The molecule has 4 aliphatic rings. The van der Waals surface area contributed by atoms with Gasteiger partial charge in [0.15, 0.2) is 12.2 Å². The van der Waals surface area contributed by atoms with Crippen LogP contribution in [-0.4, -0.2) is 111 Å². The Morgan fingerprint density at radius 2 is 0.976 bits per heavy atom. The van der Waals surface area contributed by atoms with Gasteiger partial charge in [-0.1, -0.05) is 60.7 Å². The summed E-state index contributed by atoms with van der Waals surface area (Å²) in [5.74, 6) is -0.579. The van der Waals surface area contributed by atoms with Gasteiger partial charge < -0.3 is 24.8 Å². The van der Waals surface area contributed by atoms with Crippen molar-refractivity contribution in [3.8, 4) is 12.1 Å². The lowest BCUT2D eigenvalue weighted by molar-refractivity contribution is -0.145. The Balaban J connectivity index is 0.000000272. The van der Waals surface area contributed by atoms with Crippen LogP contribution in [0.5, 0.6) is 0 Å². The highest BCUT2D eigenvalue weighted by atomic mass is 19.4. The molecule has 15 nitrogen and oxygen atoms in total. The van der Waals surface area contributed by atoms with E-state index in [0.717, 1.165) is 11.1 Å². The molecular formula is C57H59F12N9O6. The smallest absolute Gasteiger partial charge is 0.416 e. The van der Waals surface area contributed by atoms with Crippen molar-refractivity contribution in [2.75, 3.05) is 53.0 Å². The van der Waals surface area contributed by atoms with E-state index in [1.165, 1.54) is 56.8 Å². The molecule has 0 spiro atoms. The van der Waals surface area contributed by atoms with Gasteiger partial charge in [0.05, 0.1) is 90.7 Å². The number of alkyl halides is 12. The zero-order valence-electron chi connectivity index (χ0n) is 45.5. The van der Waals surface area contributed by atoms with Crippen LogP contribution in [0, 0.1) is 22.7 Å². The summed E-state index contributed by atoms with van der Waals surface area (Å²) in [6.07, 6.45) is -17.1. The average Bonchev–Trinajstić information content (AvgIpc) is 3.38. The number of ether oxygens (including phenoxy) is 3. The second kappa shape index (κ2) is 26.5. The van der Waals surface area contributed by atoms with Gasteiger partial charge in [-0.05, 0) is 105 Å². The van der Waals surface area contributed by atoms with Crippen LogP contribution in [0.25, 0.3) is 0 Å². The van der Waals surface area contributed by atoms with Crippen LogP contribution in [0.4, 0.5) is 52.7 Å². The number of nitrogens with one attached hydrogen (secondary N) is 2. The summed E-state index contributed by atoms with van der Waals surface area (Å²) in [7, 11) is 1.49. The lowest BCUT2D eigenvalue weighted by Gasteiger charge is -2.47. The molecule has 4 aliphatic heterocycles. The van der Waals surface area contributed by atoms with Crippen molar-refractivity contribution in [1.82, 2.24) is 20.4 Å². The third-order valence-electron chi connectivity index (χ3n) is 14.6. The zero-order chi connectivity index (χ0) is 61.9. The number of piperidine rings is 2. The van der Waals surface area contributed by atoms with Gasteiger partial charge in [-0.3, -0.25) is 39.2 Å². The van der Waals surface area contributed by atoms with Crippen LogP contribution < -0.4 is 10.6 Å². The van der Waals surface area contributed by atoms with E-state index in [0.29, 0.717) is 37.1 Å². The topological polar surface area (TPSA) is 194 Å². The number of aliphatic imine (C=N–C) groups is 3. The fourth-order valence-electron chi connectivity index (χ4n) is 9.73. The molecule has 452 valence electrons. The predicted molar refractivity (Wildman–Crippen MR) is 283 cm³/mol. The van der Waals surface area contributed by atoms with Crippen molar-refractivity contribution in [2.24, 2.45) is 15.0 Å². The minimum absolute atomic E-state index is 0. The van der Waals surface area contributed by atoms with E-state index in [1.54, 1.807) is 36.4 Å². The number of nitrogens with zero attached hydrogens (tertiary/aromatic N) is 7. The summed E-state index contributed by atoms with van der Waals surface area (Å²) in [5.41, 5.74) is -8.87. The Hall–Kier alpha value is -7.72. The molecule has 2 amide bonds. The first-order valence-electron chi connectivity index (χ1n) is 25.8. The maximum absolute atomic E-state index is 13.3. The first-order chi connectivity index (χ1) is 39.4. The second-order valence-corrected chi connectivity index (χ2v) is 20.3. The molecule has 2 saturated heterocycles. The molecular weight excluding hydrogens is 1130 g/mol. The van der Waals surface area contributed by atoms with E-state index in [-0.39, 0.29) is 101 Å². The quantitative estimate of drug-likeness (QED) is 0.0657. The standard InChI is InChI=1S/2C26H24F6N4O2.C5H9NO2.H2/c2*1-17(18-9-20(25(27,28)29)11-21(10-18)26(30,31)32)38-15-24(19-5-3-2-4-6-19)8-7-23(13-33,14-35-24)36-16-34-12-22(36)37;1-5(7)3-6-4-8-2;/h2*2-6,9-11,16-17,35H,7-8,12,14-15H2,1H3;4H,3H2,1-2H3;1H/t2*17-,23-,24-;;/m11../s1. The molecule has 0 unspecified atom stereocenters. The monoisotopic (exact) mass is 1190 g/mol. The van der Waals surface area contributed by atoms with E-state index >= 15 is 0 Å². The number of carbonyl (C=O) groups is 3. The number of rotatable bonds is 15. The van der Waals surface area contributed by atoms with Crippen LogP contribution >= 0.6 is 0 Å². The Kier molecular flexibility index (Phi) is 20.6. The maximum Gasteiger partial charge on any atom is 0.416 e. The molecule has 2 fully saturated rings. The molecule has 6 atom stereocenters. The number of carbonyl (C=O) groups excluding carboxylic acids is 3.